The minimum atomic E-state index is 0.188. The van der Waals surface area contributed by atoms with Crippen molar-refractivity contribution in [1.29, 1.82) is 0 Å². The Morgan fingerprint density at radius 1 is 1.71 bits per heavy atom. The number of hydrogen-bond acceptors (Lipinski definition) is 6. The maximum absolute atomic E-state index is 11.7. The smallest absolute Gasteiger partial charge is 0.227 e. The van der Waals surface area contributed by atoms with Gasteiger partial charge >= 0.3 is 0 Å². The summed E-state index contributed by atoms with van der Waals surface area (Å²) in [6, 6.07) is 0. The van der Waals surface area contributed by atoms with Crippen LogP contribution >= 0.6 is 11.8 Å². The third-order valence-corrected chi connectivity index (χ3v) is 4.38. The van der Waals surface area contributed by atoms with Crippen LogP contribution in [0.1, 0.15) is 5.89 Å². The third kappa shape index (κ3) is 4.08. The summed E-state index contributed by atoms with van der Waals surface area (Å²) in [6.07, 6.45) is 6.20. The lowest BCUT2D eigenvalue weighted by atomic mass is 10.5. The highest BCUT2D eigenvalue weighted by Gasteiger charge is 2.21. The van der Waals surface area contributed by atoms with Gasteiger partial charge in [-0.15, -0.1) is 0 Å². The molecule has 0 spiro atoms. The lowest BCUT2D eigenvalue weighted by Crippen LogP contribution is -2.24. The molecule has 17 heavy (non-hydrogen) atoms. The molecule has 0 N–H and O–H groups in total. The number of rotatable bonds is 5. The molecule has 0 aromatic carbocycles. The molecule has 0 bridgehead atoms. The molecule has 2 heterocycles. The van der Waals surface area contributed by atoms with E-state index in [1.165, 1.54) is 18.1 Å². The van der Waals surface area contributed by atoms with Crippen molar-refractivity contribution in [3.8, 4) is 0 Å². The van der Waals surface area contributed by atoms with Crippen LogP contribution in [0.3, 0.4) is 0 Å². The van der Waals surface area contributed by atoms with Crippen LogP contribution in [0.15, 0.2) is 22.5 Å². The molecule has 1 atom stereocenters. The van der Waals surface area contributed by atoms with E-state index in [1.807, 2.05) is 6.20 Å². The fraction of sp³-hybridized carbons (Fsp3) is 0.500. The van der Waals surface area contributed by atoms with Crippen LogP contribution in [-0.4, -0.2) is 44.6 Å². The molecule has 2 rings (SSSR count). The Morgan fingerprint density at radius 3 is 3.24 bits per heavy atom. The minimum Gasteiger partial charge on any atom is -0.340 e. The number of thioether (sulfide) groups is 1. The molecular formula is C10H14N3O2S2+. The van der Waals surface area contributed by atoms with Gasteiger partial charge in [0.2, 0.25) is 11.0 Å². The minimum absolute atomic E-state index is 0.188. The van der Waals surface area contributed by atoms with Gasteiger partial charge in [0.25, 0.3) is 0 Å². The van der Waals surface area contributed by atoms with Gasteiger partial charge in [-0.1, -0.05) is 16.9 Å². The maximum atomic E-state index is 11.7. The zero-order chi connectivity index (χ0) is 12.1. The van der Waals surface area contributed by atoms with Crippen molar-refractivity contribution in [3.63, 3.8) is 0 Å². The normalized spacial score (nSPS) is 18.9. The Balaban J connectivity index is 1.63. The van der Waals surface area contributed by atoms with Gasteiger partial charge in [-0.2, -0.15) is 4.98 Å². The molecule has 0 fully saturated rings. The first kappa shape index (κ1) is 12.5. The van der Waals surface area contributed by atoms with Gasteiger partial charge < -0.3 is 9.42 Å². The molecule has 0 saturated carbocycles. The summed E-state index contributed by atoms with van der Waals surface area (Å²) in [5.41, 5.74) is 0. The van der Waals surface area contributed by atoms with Gasteiger partial charge in [-0.25, -0.2) is 0 Å². The molecule has 1 aliphatic rings. The molecular weight excluding hydrogens is 258 g/mol. The van der Waals surface area contributed by atoms with Crippen LogP contribution in [-0.2, 0) is 22.1 Å². The Hall–Kier alpha value is -0.950. The summed E-state index contributed by atoms with van der Waals surface area (Å²) >= 11 is 1.32. The van der Waals surface area contributed by atoms with E-state index in [2.05, 4.69) is 26.7 Å². The molecule has 7 heteroatoms. The maximum Gasteiger partial charge on any atom is 0.227 e. The molecule has 92 valence electrons. The van der Waals surface area contributed by atoms with Gasteiger partial charge in [0, 0.05) is 23.1 Å². The molecule has 1 unspecified atom stereocenters. The van der Waals surface area contributed by atoms with E-state index in [9.17, 15) is 4.79 Å². The Kier molecular flexibility index (Phi) is 4.49. The van der Waals surface area contributed by atoms with Crippen molar-refractivity contribution in [1.82, 2.24) is 15.0 Å². The number of hydrogen-bond donors (Lipinski definition) is 0. The summed E-state index contributed by atoms with van der Waals surface area (Å²) < 4.78 is 4.86. The zero-order valence-corrected chi connectivity index (χ0v) is 11.2. The van der Waals surface area contributed by atoms with E-state index in [0.29, 0.717) is 35.5 Å². The van der Waals surface area contributed by atoms with Gasteiger partial charge in [-0.05, 0) is 0 Å². The lowest BCUT2D eigenvalue weighted by molar-refractivity contribution is -0.111. The monoisotopic (exact) mass is 272 g/mol. The van der Waals surface area contributed by atoms with Crippen LogP contribution < -0.4 is 0 Å². The largest absolute Gasteiger partial charge is 0.340 e. The topological polar surface area (TPSA) is 59.2 Å². The molecule has 0 aliphatic carbocycles. The number of aryl methyl sites for hydroxylation is 1. The van der Waals surface area contributed by atoms with Crippen molar-refractivity contribution >= 4 is 27.8 Å². The van der Waals surface area contributed by atoms with Gasteiger partial charge in [0.05, 0.1) is 12.7 Å². The predicted molar refractivity (Wildman–Crippen MR) is 69.5 cm³/mol. The van der Waals surface area contributed by atoms with Crippen LogP contribution in [0.2, 0.25) is 0 Å². The summed E-state index contributed by atoms with van der Waals surface area (Å²) in [7, 11) is 0.301. The van der Waals surface area contributed by atoms with Crippen molar-refractivity contribution in [3.05, 3.63) is 23.8 Å². The van der Waals surface area contributed by atoms with Gasteiger partial charge in [0.1, 0.15) is 11.7 Å². The van der Waals surface area contributed by atoms with Crippen LogP contribution in [0.5, 0.6) is 0 Å². The molecule has 1 aliphatic heterocycles. The first-order valence-electron chi connectivity index (χ1n) is 5.19. The quantitative estimate of drug-likeness (QED) is 0.741. The second-order valence-electron chi connectivity index (χ2n) is 3.66. The molecule has 1 aromatic heterocycles. The van der Waals surface area contributed by atoms with Crippen molar-refractivity contribution in [2.24, 2.45) is 0 Å². The number of carbonyl (C=O) groups is 1. The third-order valence-electron chi connectivity index (χ3n) is 2.19. The SMILES string of the molecule is C[S+]1C=CN(CC(=O)SCCc2ncno2)C1. The average molecular weight is 272 g/mol. The Labute approximate surface area is 107 Å². The van der Waals surface area contributed by atoms with Crippen LogP contribution in [0.25, 0.3) is 0 Å². The first-order chi connectivity index (χ1) is 8.24. The summed E-state index contributed by atoms with van der Waals surface area (Å²) in [4.78, 5) is 17.6. The van der Waals surface area contributed by atoms with E-state index in [0.717, 1.165) is 5.88 Å². The Bertz CT molecular complexity index is 394. The van der Waals surface area contributed by atoms with Crippen LogP contribution in [0, 0.1) is 0 Å². The standard InChI is InChI=1S/C10H14N3O2S2/c1-17-5-3-13(8-17)6-10(14)16-4-2-9-11-7-12-15-9/h3,5,7H,2,4,6,8H2,1H3/q+1. The second-order valence-corrected chi connectivity index (χ2v) is 6.72. The molecule has 1 aromatic rings. The summed E-state index contributed by atoms with van der Waals surface area (Å²) in [6.45, 7) is 0.488. The second kappa shape index (κ2) is 6.11. The highest BCUT2D eigenvalue weighted by Crippen LogP contribution is 2.12. The van der Waals surface area contributed by atoms with Crippen molar-refractivity contribution in [2.45, 2.75) is 6.42 Å². The molecule has 0 saturated heterocycles. The van der Waals surface area contributed by atoms with E-state index in [-0.39, 0.29) is 5.12 Å². The number of carbonyl (C=O) groups excluding carboxylic acids is 1. The van der Waals surface area contributed by atoms with E-state index < -0.39 is 0 Å². The van der Waals surface area contributed by atoms with Gasteiger partial charge in [0.15, 0.2) is 12.2 Å². The highest BCUT2D eigenvalue weighted by molar-refractivity contribution is 8.13. The Morgan fingerprint density at radius 2 is 2.59 bits per heavy atom. The van der Waals surface area contributed by atoms with E-state index in [1.54, 1.807) is 0 Å². The molecule has 5 nitrogen and oxygen atoms in total. The summed E-state index contributed by atoms with van der Waals surface area (Å²) in [5.74, 6) is 2.24. The van der Waals surface area contributed by atoms with E-state index >= 15 is 0 Å². The average Bonchev–Trinajstić information content (AvgIpc) is 2.90. The van der Waals surface area contributed by atoms with Gasteiger partial charge in [-0.3, -0.25) is 4.79 Å². The lowest BCUT2D eigenvalue weighted by Gasteiger charge is -2.10. The first-order valence-corrected chi connectivity index (χ1v) is 8.04. The van der Waals surface area contributed by atoms with Crippen molar-refractivity contribution < 1.29 is 9.32 Å². The summed E-state index contributed by atoms with van der Waals surface area (Å²) in [5, 5.41) is 5.85. The van der Waals surface area contributed by atoms with E-state index in [4.69, 9.17) is 4.52 Å². The predicted octanol–water partition coefficient (Wildman–Crippen LogP) is 0.864. The van der Waals surface area contributed by atoms with Crippen LogP contribution in [0.4, 0.5) is 0 Å². The molecule has 0 radical (unpaired) electrons. The number of nitrogens with zero attached hydrogens (tertiary/aromatic N) is 3. The fourth-order valence-electron chi connectivity index (χ4n) is 1.41. The number of aromatic nitrogens is 2. The fourth-order valence-corrected chi connectivity index (χ4v) is 3.33. The molecule has 0 amide bonds. The zero-order valence-electron chi connectivity index (χ0n) is 9.54. The highest BCUT2D eigenvalue weighted by atomic mass is 32.2. The van der Waals surface area contributed by atoms with Crippen molar-refractivity contribution in [2.75, 3.05) is 24.4 Å².